The molecule has 5 heteroatoms. The molecule has 0 amide bonds. The van der Waals surface area contributed by atoms with Crippen molar-refractivity contribution in [3.05, 3.63) is 21.9 Å². The average Bonchev–Trinajstić information content (AvgIpc) is 2.50. The van der Waals surface area contributed by atoms with Crippen LogP contribution in [0, 0.1) is 11.3 Å². The number of nitrogens with two attached hydrogens (primary N) is 2. The zero-order valence-electron chi connectivity index (χ0n) is 8.99. The van der Waals surface area contributed by atoms with Crippen LogP contribution < -0.4 is 11.5 Å². The molecular weight excluding hydrogens is 230 g/mol. The van der Waals surface area contributed by atoms with Gasteiger partial charge in [0.05, 0.1) is 0 Å². The van der Waals surface area contributed by atoms with E-state index in [2.05, 4.69) is 13.8 Å². The molecule has 86 valence electrons. The lowest BCUT2D eigenvalue weighted by atomic mass is 10.0. The molecule has 0 aliphatic carbocycles. The van der Waals surface area contributed by atoms with Gasteiger partial charge in [-0.15, -0.1) is 23.7 Å². The maximum absolute atomic E-state index is 7.27. The van der Waals surface area contributed by atoms with Crippen LogP contribution in [0.15, 0.2) is 11.4 Å². The molecule has 0 spiro atoms. The van der Waals surface area contributed by atoms with Crippen molar-refractivity contribution in [1.29, 1.82) is 5.41 Å². The van der Waals surface area contributed by atoms with E-state index in [1.165, 1.54) is 0 Å². The molecule has 0 fully saturated rings. The second-order valence-electron chi connectivity index (χ2n) is 3.89. The summed E-state index contributed by atoms with van der Waals surface area (Å²) in [5, 5.41) is 9.16. The largest absolute Gasteiger partial charge is 0.384 e. The normalized spacial score (nSPS) is 12.3. The third-order valence-corrected chi connectivity index (χ3v) is 3.09. The molecule has 0 aromatic carbocycles. The van der Waals surface area contributed by atoms with Crippen LogP contribution in [0.3, 0.4) is 0 Å². The Kier molecular flexibility index (Phi) is 5.87. The van der Waals surface area contributed by atoms with E-state index in [1.54, 1.807) is 11.3 Å². The molecule has 0 bridgehead atoms. The van der Waals surface area contributed by atoms with Gasteiger partial charge in [-0.25, -0.2) is 0 Å². The molecule has 1 atom stereocenters. The summed E-state index contributed by atoms with van der Waals surface area (Å²) in [5.74, 6) is 0.706. The quantitative estimate of drug-likeness (QED) is 0.565. The Morgan fingerprint density at radius 3 is 2.53 bits per heavy atom. The van der Waals surface area contributed by atoms with Gasteiger partial charge >= 0.3 is 0 Å². The number of hydrogen-bond acceptors (Lipinski definition) is 3. The van der Waals surface area contributed by atoms with Crippen molar-refractivity contribution >= 4 is 29.6 Å². The number of nitrogen functional groups attached to an aromatic ring is 1. The van der Waals surface area contributed by atoms with E-state index in [0.717, 1.165) is 16.9 Å². The van der Waals surface area contributed by atoms with Crippen LogP contribution in [0.2, 0.25) is 0 Å². The SMILES string of the molecule is CC(C)C[C@H](N)c1cc(C(=N)N)cs1.Cl. The first-order chi connectivity index (χ1) is 6.50. The second-order valence-corrected chi connectivity index (χ2v) is 4.83. The lowest BCUT2D eigenvalue weighted by molar-refractivity contribution is 0.515. The molecule has 1 aromatic heterocycles. The molecule has 0 saturated carbocycles. The number of rotatable bonds is 4. The van der Waals surface area contributed by atoms with Crippen molar-refractivity contribution < 1.29 is 0 Å². The number of hydrogen-bond donors (Lipinski definition) is 3. The summed E-state index contributed by atoms with van der Waals surface area (Å²) in [6, 6.07) is 1.99. The lowest BCUT2D eigenvalue weighted by Gasteiger charge is -2.11. The minimum atomic E-state index is 0. The lowest BCUT2D eigenvalue weighted by Crippen LogP contribution is -2.12. The molecule has 0 aliphatic rings. The van der Waals surface area contributed by atoms with Crippen molar-refractivity contribution in [3.63, 3.8) is 0 Å². The third kappa shape index (κ3) is 4.20. The highest BCUT2D eigenvalue weighted by molar-refractivity contribution is 7.10. The molecule has 0 radical (unpaired) electrons. The smallest absolute Gasteiger partial charge is 0.123 e. The van der Waals surface area contributed by atoms with Crippen LogP contribution in [0.5, 0.6) is 0 Å². The summed E-state index contributed by atoms with van der Waals surface area (Å²) >= 11 is 1.58. The minimum Gasteiger partial charge on any atom is -0.384 e. The van der Waals surface area contributed by atoms with Crippen molar-refractivity contribution in [2.75, 3.05) is 0 Å². The van der Waals surface area contributed by atoms with Gasteiger partial charge in [0.25, 0.3) is 0 Å². The monoisotopic (exact) mass is 247 g/mol. The van der Waals surface area contributed by atoms with E-state index in [4.69, 9.17) is 16.9 Å². The fourth-order valence-electron chi connectivity index (χ4n) is 1.31. The van der Waals surface area contributed by atoms with Gasteiger partial charge in [0.15, 0.2) is 0 Å². The summed E-state index contributed by atoms with van der Waals surface area (Å²) in [4.78, 5) is 1.11. The van der Waals surface area contributed by atoms with Crippen LogP contribution in [-0.2, 0) is 0 Å². The summed E-state index contributed by atoms with van der Waals surface area (Å²) in [7, 11) is 0. The van der Waals surface area contributed by atoms with E-state index in [9.17, 15) is 0 Å². The molecule has 15 heavy (non-hydrogen) atoms. The molecule has 0 saturated heterocycles. The highest BCUT2D eigenvalue weighted by atomic mass is 35.5. The van der Waals surface area contributed by atoms with E-state index in [0.29, 0.717) is 5.92 Å². The summed E-state index contributed by atoms with van der Waals surface area (Å²) in [5.41, 5.74) is 12.2. The Labute approximate surface area is 101 Å². The summed E-state index contributed by atoms with van der Waals surface area (Å²) < 4.78 is 0. The van der Waals surface area contributed by atoms with Gasteiger partial charge in [0, 0.05) is 21.9 Å². The Morgan fingerprint density at radius 1 is 1.53 bits per heavy atom. The Morgan fingerprint density at radius 2 is 2.13 bits per heavy atom. The zero-order valence-corrected chi connectivity index (χ0v) is 10.6. The molecule has 1 heterocycles. The van der Waals surface area contributed by atoms with Gasteiger partial charge in [-0.2, -0.15) is 0 Å². The van der Waals surface area contributed by atoms with Gasteiger partial charge in [0.2, 0.25) is 0 Å². The van der Waals surface area contributed by atoms with E-state index >= 15 is 0 Å². The number of nitrogens with one attached hydrogen (secondary N) is 1. The Balaban J connectivity index is 0.00000196. The number of amidine groups is 1. The van der Waals surface area contributed by atoms with E-state index in [-0.39, 0.29) is 24.3 Å². The maximum atomic E-state index is 7.27. The molecule has 1 aromatic rings. The first kappa shape index (κ1) is 14.4. The molecule has 3 nitrogen and oxygen atoms in total. The second kappa shape index (κ2) is 6.10. The molecule has 1 rings (SSSR count). The van der Waals surface area contributed by atoms with Crippen molar-refractivity contribution in [2.24, 2.45) is 17.4 Å². The molecule has 0 unspecified atom stereocenters. The van der Waals surface area contributed by atoms with Crippen molar-refractivity contribution in [3.8, 4) is 0 Å². The highest BCUT2D eigenvalue weighted by Crippen LogP contribution is 2.24. The summed E-state index contributed by atoms with van der Waals surface area (Å²) in [6.07, 6.45) is 0.970. The maximum Gasteiger partial charge on any atom is 0.123 e. The average molecular weight is 248 g/mol. The first-order valence-electron chi connectivity index (χ1n) is 4.69. The van der Waals surface area contributed by atoms with Gasteiger partial charge in [-0.1, -0.05) is 13.8 Å². The predicted octanol–water partition coefficient (Wildman–Crippen LogP) is 2.50. The van der Waals surface area contributed by atoms with Crippen LogP contribution in [0.4, 0.5) is 0 Å². The highest BCUT2D eigenvalue weighted by Gasteiger charge is 2.11. The van der Waals surface area contributed by atoms with Crippen molar-refractivity contribution in [1.82, 2.24) is 0 Å². The van der Waals surface area contributed by atoms with Crippen LogP contribution in [0.25, 0.3) is 0 Å². The zero-order chi connectivity index (χ0) is 10.7. The van der Waals surface area contributed by atoms with Crippen LogP contribution >= 0.6 is 23.7 Å². The van der Waals surface area contributed by atoms with Gasteiger partial charge < -0.3 is 11.5 Å². The van der Waals surface area contributed by atoms with Crippen molar-refractivity contribution in [2.45, 2.75) is 26.3 Å². The fourth-order valence-corrected chi connectivity index (χ4v) is 2.24. The Bertz CT molecular complexity index is 322. The van der Waals surface area contributed by atoms with E-state index < -0.39 is 0 Å². The fraction of sp³-hybridized carbons (Fsp3) is 0.500. The molecule has 5 N–H and O–H groups in total. The standard InChI is InChI=1S/C10H17N3S.ClH/c1-6(2)3-8(11)9-4-7(5-14-9)10(12)13;/h4-6,8H,3,11H2,1-2H3,(H3,12,13);1H/t8-;/m0./s1. The third-order valence-electron chi connectivity index (χ3n) is 2.02. The van der Waals surface area contributed by atoms with Gasteiger partial charge in [-0.3, -0.25) is 5.41 Å². The minimum absolute atomic E-state index is 0. The van der Waals surface area contributed by atoms with E-state index in [1.807, 2.05) is 11.4 Å². The van der Waals surface area contributed by atoms with Crippen LogP contribution in [0.1, 0.15) is 36.8 Å². The Hall–Kier alpha value is -0.580. The number of halogens is 1. The first-order valence-corrected chi connectivity index (χ1v) is 5.57. The number of thiophene rings is 1. The summed E-state index contributed by atoms with van der Waals surface area (Å²) in [6.45, 7) is 4.30. The molecular formula is C10H18ClN3S. The van der Waals surface area contributed by atoms with Gasteiger partial charge in [0.1, 0.15) is 5.84 Å². The van der Waals surface area contributed by atoms with Gasteiger partial charge in [-0.05, 0) is 18.4 Å². The van der Waals surface area contributed by atoms with Crippen LogP contribution in [-0.4, -0.2) is 5.84 Å². The topological polar surface area (TPSA) is 75.9 Å². The predicted molar refractivity (Wildman–Crippen MR) is 69.0 cm³/mol. The molecule has 0 aliphatic heterocycles.